The highest BCUT2D eigenvalue weighted by Gasteiger charge is 2.27. The highest BCUT2D eigenvalue weighted by molar-refractivity contribution is 7.89. The number of hydrogen-bond acceptors (Lipinski definition) is 5. The first-order valence-electron chi connectivity index (χ1n) is 8.10. The van der Waals surface area contributed by atoms with E-state index in [1.807, 2.05) is 6.07 Å². The number of sulfonamides is 1. The van der Waals surface area contributed by atoms with E-state index in [2.05, 4.69) is 5.32 Å². The number of benzene rings is 2. The van der Waals surface area contributed by atoms with E-state index in [-0.39, 0.29) is 16.8 Å². The lowest BCUT2D eigenvalue weighted by Gasteiger charge is -2.31. The Bertz CT molecular complexity index is 957. The van der Waals surface area contributed by atoms with Gasteiger partial charge in [-0.3, -0.25) is 4.79 Å². The number of nitrogens with one attached hydrogen (secondary N) is 1. The molecule has 138 valence electrons. The molecule has 8 heteroatoms. The minimum absolute atomic E-state index is 0.0332. The standard InChI is InChI=1S/C18H21N3O4S/c1-21(2)18(23)12-5-3-4-11(8-12)16-10-17(22)14-9-13(26(19,24)25)6-7-15(14)20-16/h3-9,16-17,20,22H,10H2,1-2H3,(H2,19,24,25). The first kappa shape index (κ1) is 18.4. The predicted molar refractivity (Wildman–Crippen MR) is 98.2 cm³/mol. The fraction of sp³-hybridized carbons (Fsp3) is 0.278. The zero-order chi connectivity index (χ0) is 19.1. The van der Waals surface area contributed by atoms with E-state index in [1.54, 1.807) is 38.4 Å². The molecule has 2 aromatic carbocycles. The van der Waals surface area contributed by atoms with Gasteiger partial charge in [0.05, 0.1) is 17.0 Å². The minimum Gasteiger partial charge on any atom is -0.388 e. The van der Waals surface area contributed by atoms with Crippen LogP contribution in [0.15, 0.2) is 47.4 Å². The second kappa shape index (κ2) is 6.71. The lowest BCUT2D eigenvalue weighted by atomic mass is 9.90. The Balaban J connectivity index is 1.92. The molecule has 2 aromatic rings. The van der Waals surface area contributed by atoms with Crippen LogP contribution in [-0.4, -0.2) is 38.4 Å². The SMILES string of the molecule is CN(C)C(=O)c1cccc(C2CC(O)c3cc(S(N)(=O)=O)ccc3N2)c1. The maximum absolute atomic E-state index is 12.2. The van der Waals surface area contributed by atoms with Gasteiger partial charge < -0.3 is 15.3 Å². The van der Waals surface area contributed by atoms with Gasteiger partial charge in [0.25, 0.3) is 5.91 Å². The molecule has 0 fully saturated rings. The Morgan fingerprint density at radius 1 is 1.23 bits per heavy atom. The molecule has 26 heavy (non-hydrogen) atoms. The number of carbonyl (C=O) groups excluding carboxylic acids is 1. The molecule has 0 aromatic heterocycles. The first-order valence-corrected chi connectivity index (χ1v) is 9.64. The van der Waals surface area contributed by atoms with Gasteiger partial charge in [0.2, 0.25) is 10.0 Å². The number of aliphatic hydroxyl groups is 1. The molecule has 0 bridgehead atoms. The van der Waals surface area contributed by atoms with E-state index < -0.39 is 16.1 Å². The maximum atomic E-state index is 12.2. The molecule has 3 rings (SSSR count). The Hall–Kier alpha value is -2.42. The van der Waals surface area contributed by atoms with Gasteiger partial charge in [-0.25, -0.2) is 13.6 Å². The van der Waals surface area contributed by atoms with Crippen LogP contribution in [0.2, 0.25) is 0 Å². The first-order chi connectivity index (χ1) is 12.2. The molecule has 7 nitrogen and oxygen atoms in total. The third-order valence-corrected chi connectivity index (χ3v) is 5.35. The van der Waals surface area contributed by atoms with E-state index in [9.17, 15) is 18.3 Å². The predicted octanol–water partition coefficient (Wildman–Crippen LogP) is 1.63. The Labute approximate surface area is 152 Å². The summed E-state index contributed by atoms with van der Waals surface area (Å²) in [5.41, 5.74) is 2.58. The second-order valence-corrected chi connectivity index (χ2v) is 8.13. The molecule has 1 aliphatic rings. The number of nitrogens with two attached hydrogens (primary N) is 1. The van der Waals surface area contributed by atoms with Gasteiger partial charge in [-0.15, -0.1) is 0 Å². The topological polar surface area (TPSA) is 113 Å². The van der Waals surface area contributed by atoms with E-state index in [0.717, 1.165) is 5.56 Å². The van der Waals surface area contributed by atoms with E-state index >= 15 is 0 Å². The van der Waals surface area contributed by atoms with E-state index in [0.29, 0.717) is 23.2 Å². The summed E-state index contributed by atoms with van der Waals surface area (Å²) in [4.78, 5) is 13.6. The van der Waals surface area contributed by atoms with Crippen molar-refractivity contribution in [2.24, 2.45) is 5.14 Å². The fourth-order valence-electron chi connectivity index (χ4n) is 3.09. The van der Waals surface area contributed by atoms with Crippen molar-refractivity contribution in [3.05, 3.63) is 59.2 Å². The monoisotopic (exact) mass is 375 g/mol. The van der Waals surface area contributed by atoms with Crippen LogP contribution in [0, 0.1) is 0 Å². The van der Waals surface area contributed by atoms with Gasteiger partial charge in [0.1, 0.15) is 0 Å². The van der Waals surface area contributed by atoms with Gasteiger partial charge in [-0.05, 0) is 35.9 Å². The average Bonchev–Trinajstić information content (AvgIpc) is 2.60. The minimum atomic E-state index is -3.83. The molecule has 1 amide bonds. The Kier molecular flexibility index (Phi) is 4.74. The maximum Gasteiger partial charge on any atom is 0.253 e. The van der Waals surface area contributed by atoms with Crippen molar-refractivity contribution in [1.82, 2.24) is 4.90 Å². The van der Waals surface area contributed by atoms with Crippen LogP contribution in [0.1, 0.15) is 40.1 Å². The molecular formula is C18H21N3O4S. The van der Waals surface area contributed by atoms with Gasteiger partial charge in [0, 0.05) is 37.3 Å². The number of amides is 1. The van der Waals surface area contributed by atoms with Crippen molar-refractivity contribution in [3.8, 4) is 0 Å². The Morgan fingerprint density at radius 3 is 2.62 bits per heavy atom. The molecule has 4 N–H and O–H groups in total. The largest absolute Gasteiger partial charge is 0.388 e. The van der Waals surface area contributed by atoms with Crippen LogP contribution in [0.4, 0.5) is 5.69 Å². The zero-order valence-corrected chi connectivity index (χ0v) is 15.3. The van der Waals surface area contributed by atoms with Crippen molar-refractivity contribution in [3.63, 3.8) is 0 Å². The number of carbonyl (C=O) groups is 1. The van der Waals surface area contributed by atoms with Crippen molar-refractivity contribution in [2.75, 3.05) is 19.4 Å². The Morgan fingerprint density at radius 2 is 1.96 bits per heavy atom. The van der Waals surface area contributed by atoms with Gasteiger partial charge in [-0.2, -0.15) is 0 Å². The fourth-order valence-corrected chi connectivity index (χ4v) is 3.64. The number of aliphatic hydroxyl groups excluding tert-OH is 1. The molecule has 1 heterocycles. The second-order valence-electron chi connectivity index (χ2n) is 6.57. The molecule has 0 aliphatic carbocycles. The molecule has 1 aliphatic heterocycles. The molecular weight excluding hydrogens is 354 g/mol. The lowest BCUT2D eigenvalue weighted by Crippen LogP contribution is -2.24. The van der Waals surface area contributed by atoms with Gasteiger partial charge >= 0.3 is 0 Å². The zero-order valence-electron chi connectivity index (χ0n) is 14.5. The molecule has 2 atom stereocenters. The summed E-state index contributed by atoms with van der Waals surface area (Å²) in [6.45, 7) is 0. The summed E-state index contributed by atoms with van der Waals surface area (Å²) in [5.74, 6) is -0.0959. The normalized spacial score (nSPS) is 19.4. The van der Waals surface area contributed by atoms with Gasteiger partial charge in [0.15, 0.2) is 0 Å². The number of fused-ring (bicyclic) bond motifs is 1. The van der Waals surface area contributed by atoms with Crippen LogP contribution >= 0.6 is 0 Å². The molecule has 0 spiro atoms. The summed E-state index contributed by atoms with van der Waals surface area (Å²) in [7, 11) is -0.447. The van der Waals surface area contributed by atoms with Crippen LogP contribution < -0.4 is 10.5 Å². The summed E-state index contributed by atoms with van der Waals surface area (Å²) in [6, 6.07) is 11.4. The molecule has 2 unspecified atom stereocenters. The molecule has 0 saturated heterocycles. The number of anilines is 1. The van der Waals surface area contributed by atoms with Crippen molar-refractivity contribution in [1.29, 1.82) is 0 Å². The van der Waals surface area contributed by atoms with Crippen LogP contribution in [-0.2, 0) is 10.0 Å². The summed E-state index contributed by atoms with van der Waals surface area (Å²) in [6.07, 6.45) is -0.494. The molecule has 0 radical (unpaired) electrons. The smallest absolute Gasteiger partial charge is 0.253 e. The van der Waals surface area contributed by atoms with E-state index in [1.165, 1.54) is 17.0 Å². The van der Waals surface area contributed by atoms with Crippen LogP contribution in [0.25, 0.3) is 0 Å². The third kappa shape index (κ3) is 3.57. The number of hydrogen-bond donors (Lipinski definition) is 3. The highest BCUT2D eigenvalue weighted by Crippen LogP contribution is 2.39. The van der Waals surface area contributed by atoms with Crippen LogP contribution in [0.3, 0.4) is 0 Å². The number of primary sulfonamides is 1. The highest BCUT2D eigenvalue weighted by atomic mass is 32.2. The average molecular weight is 375 g/mol. The lowest BCUT2D eigenvalue weighted by molar-refractivity contribution is 0.0827. The summed E-state index contributed by atoms with van der Waals surface area (Å²) in [5, 5.41) is 19.0. The van der Waals surface area contributed by atoms with Gasteiger partial charge in [-0.1, -0.05) is 12.1 Å². The quantitative estimate of drug-likeness (QED) is 0.755. The van der Waals surface area contributed by atoms with Crippen LogP contribution in [0.5, 0.6) is 0 Å². The van der Waals surface area contributed by atoms with Crippen molar-refractivity contribution < 1.29 is 18.3 Å². The summed E-state index contributed by atoms with van der Waals surface area (Å²) < 4.78 is 23.0. The van der Waals surface area contributed by atoms with E-state index in [4.69, 9.17) is 5.14 Å². The number of rotatable bonds is 3. The third-order valence-electron chi connectivity index (χ3n) is 4.44. The number of nitrogens with zero attached hydrogens (tertiary/aromatic N) is 1. The summed E-state index contributed by atoms with van der Waals surface area (Å²) >= 11 is 0. The van der Waals surface area contributed by atoms with Crippen molar-refractivity contribution >= 4 is 21.6 Å². The van der Waals surface area contributed by atoms with Crippen molar-refractivity contribution in [2.45, 2.75) is 23.5 Å². The molecule has 0 saturated carbocycles.